The van der Waals surface area contributed by atoms with Crippen LogP contribution in [0.4, 0.5) is 0 Å². The Kier molecular flexibility index (Phi) is 5.37. The molecule has 0 bridgehead atoms. The molecule has 0 fully saturated rings. The highest BCUT2D eigenvalue weighted by atomic mass is 32.2. The van der Waals surface area contributed by atoms with Crippen molar-refractivity contribution in [2.24, 2.45) is 0 Å². The lowest BCUT2D eigenvalue weighted by atomic mass is 10.3. The first-order chi connectivity index (χ1) is 7.64. The second-order valence-electron chi connectivity index (χ2n) is 3.35. The maximum Gasteiger partial charge on any atom is 0.213 e. The van der Waals surface area contributed by atoms with Gasteiger partial charge in [-0.15, -0.1) is 0 Å². The number of nitrogens with zero attached hydrogens (tertiary/aromatic N) is 1. The van der Waals surface area contributed by atoms with Gasteiger partial charge in [0, 0.05) is 25.5 Å². The summed E-state index contributed by atoms with van der Waals surface area (Å²) in [5.41, 5.74) is 0.905. The van der Waals surface area contributed by atoms with Gasteiger partial charge in [-0.3, -0.25) is 4.98 Å². The molecule has 0 aromatic carbocycles. The van der Waals surface area contributed by atoms with Crippen LogP contribution in [0.1, 0.15) is 12.5 Å². The molecular weight excluding hydrogens is 226 g/mol. The van der Waals surface area contributed by atoms with Crippen molar-refractivity contribution in [2.45, 2.75) is 13.5 Å². The number of hydrogen-bond acceptors (Lipinski definition) is 4. The largest absolute Gasteiger partial charge is 0.316 e. The molecule has 0 aliphatic rings. The topological polar surface area (TPSA) is 71.1 Å². The summed E-state index contributed by atoms with van der Waals surface area (Å²) < 4.78 is 25.6. The molecule has 6 heteroatoms. The minimum atomic E-state index is -3.18. The van der Waals surface area contributed by atoms with Gasteiger partial charge >= 0.3 is 0 Å². The summed E-state index contributed by atoms with van der Waals surface area (Å²) in [7, 11) is -3.18. The third-order valence-electron chi connectivity index (χ3n) is 2.04. The fourth-order valence-corrected chi connectivity index (χ4v) is 2.09. The minimum Gasteiger partial charge on any atom is -0.316 e. The summed E-state index contributed by atoms with van der Waals surface area (Å²) in [4.78, 5) is 3.86. The molecule has 1 rings (SSSR count). The number of sulfonamides is 1. The molecule has 0 amide bonds. The van der Waals surface area contributed by atoms with Crippen LogP contribution in [0.15, 0.2) is 24.5 Å². The van der Waals surface area contributed by atoms with E-state index in [2.05, 4.69) is 15.0 Å². The standard InChI is InChI=1S/C10H17N3O2S/c1-2-11-7-8-16(14,15)13-9-10-3-5-12-6-4-10/h3-6,11,13H,2,7-9H2,1H3. The average Bonchev–Trinajstić information content (AvgIpc) is 2.28. The van der Waals surface area contributed by atoms with Crippen molar-refractivity contribution in [2.75, 3.05) is 18.8 Å². The van der Waals surface area contributed by atoms with E-state index in [0.717, 1.165) is 12.1 Å². The molecule has 0 atom stereocenters. The molecule has 5 nitrogen and oxygen atoms in total. The van der Waals surface area contributed by atoms with Crippen LogP contribution < -0.4 is 10.0 Å². The highest BCUT2D eigenvalue weighted by Gasteiger charge is 2.08. The van der Waals surface area contributed by atoms with E-state index in [4.69, 9.17) is 0 Å². The zero-order valence-electron chi connectivity index (χ0n) is 9.31. The lowest BCUT2D eigenvalue weighted by Gasteiger charge is -2.06. The van der Waals surface area contributed by atoms with E-state index in [1.807, 2.05) is 6.92 Å². The van der Waals surface area contributed by atoms with Gasteiger partial charge < -0.3 is 5.32 Å². The van der Waals surface area contributed by atoms with Gasteiger partial charge in [0.15, 0.2) is 0 Å². The second kappa shape index (κ2) is 6.57. The van der Waals surface area contributed by atoms with Crippen LogP contribution in [0.5, 0.6) is 0 Å². The van der Waals surface area contributed by atoms with Crippen molar-refractivity contribution in [1.29, 1.82) is 0 Å². The Morgan fingerprint density at radius 3 is 2.62 bits per heavy atom. The Hall–Kier alpha value is -0.980. The number of hydrogen-bond donors (Lipinski definition) is 2. The van der Waals surface area contributed by atoms with Gasteiger partial charge in [-0.05, 0) is 24.2 Å². The third kappa shape index (κ3) is 5.20. The highest BCUT2D eigenvalue weighted by Crippen LogP contribution is 1.96. The maximum atomic E-state index is 11.5. The zero-order chi connectivity index (χ0) is 11.9. The molecule has 16 heavy (non-hydrogen) atoms. The zero-order valence-corrected chi connectivity index (χ0v) is 10.1. The van der Waals surface area contributed by atoms with Crippen molar-refractivity contribution in [3.05, 3.63) is 30.1 Å². The first kappa shape index (κ1) is 13.1. The first-order valence-corrected chi connectivity index (χ1v) is 6.86. The van der Waals surface area contributed by atoms with Gasteiger partial charge in [-0.2, -0.15) is 0 Å². The average molecular weight is 243 g/mol. The van der Waals surface area contributed by atoms with Crippen LogP contribution in [0.3, 0.4) is 0 Å². The van der Waals surface area contributed by atoms with Crippen LogP contribution in [0.2, 0.25) is 0 Å². The molecule has 2 N–H and O–H groups in total. The molecule has 90 valence electrons. The molecule has 0 saturated carbocycles. The molecule has 0 unspecified atom stereocenters. The van der Waals surface area contributed by atoms with Gasteiger partial charge in [-0.1, -0.05) is 6.92 Å². The monoisotopic (exact) mass is 243 g/mol. The van der Waals surface area contributed by atoms with Gasteiger partial charge in [0.1, 0.15) is 0 Å². The molecular formula is C10H17N3O2S. The Bertz CT molecular complexity index is 392. The second-order valence-corrected chi connectivity index (χ2v) is 5.28. The van der Waals surface area contributed by atoms with Gasteiger partial charge in [0.2, 0.25) is 10.0 Å². The van der Waals surface area contributed by atoms with E-state index in [-0.39, 0.29) is 5.75 Å². The van der Waals surface area contributed by atoms with Crippen molar-refractivity contribution >= 4 is 10.0 Å². The Balaban J connectivity index is 2.36. The smallest absolute Gasteiger partial charge is 0.213 e. The third-order valence-corrected chi connectivity index (χ3v) is 3.37. The van der Waals surface area contributed by atoms with E-state index in [1.165, 1.54) is 0 Å². The van der Waals surface area contributed by atoms with Crippen molar-refractivity contribution in [3.8, 4) is 0 Å². The number of rotatable bonds is 7. The quantitative estimate of drug-likeness (QED) is 0.667. The number of pyridine rings is 1. The van der Waals surface area contributed by atoms with E-state index in [1.54, 1.807) is 24.5 Å². The Morgan fingerprint density at radius 1 is 1.31 bits per heavy atom. The lowest BCUT2D eigenvalue weighted by Crippen LogP contribution is -2.31. The van der Waals surface area contributed by atoms with Gasteiger partial charge in [0.05, 0.1) is 5.75 Å². The van der Waals surface area contributed by atoms with Crippen molar-refractivity contribution < 1.29 is 8.42 Å². The van der Waals surface area contributed by atoms with Crippen LogP contribution in [-0.2, 0) is 16.6 Å². The summed E-state index contributed by atoms with van der Waals surface area (Å²) in [6.45, 7) is 3.51. The van der Waals surface area contributed by atoms with Crippen molar-refractivity contribution in [3.63, 3.8) is 0 Å². The molecule has 1 aromatic rings. The number of aromatic nitrogens is 1. The molecule has 0 spiro atoms. The lowest BCUT2D eigenvalue weighted by molar-refractivity contribution is 0.577. The summed E-state index contributed by atoms with van der Waals surface area (Å²) in [5, 5.41) is 2.97. The van der Waals surface area contributed by atoms with E-state index < -0.39 is 10.0 Å². The van der Waals surface area contributed by atoms with Crippen molar-refractivity contribution in [1.82, 2.24) is 15.0 Å². The summed E-state index contributed by atoms with van der Waals surface area (Å²) >= 11 is 0. The summed E-state index contributed by atoms with van der Waals surface area (Å²) in [5.74, 6) is 0.103. The van der Waals surface area contributed by atoms with Crippen LogP contribution in [0.25, 0.3) is 0 Å². The Labute approximate surface area is 96.3 Å². The number of nitrogens with one attached hydrogen (secondary N) is 2. The van der Waals surface area contributed by atoms with Crippen LogP contribution >= 0.6 is 0 Å². The van der Waals surface area contributed by atoms with Gasteiger partial charge in [0.25, 0.3) is 0 Å². The molecule has 1 aromatic heterocycles. The van der Waals surface area contributed by atoms with Crippen LogP contribution in [0, 0.1) is 0 Å². The van der Waals surface area contributed by atoms with E-state index in [0.29, 0.717) is 13.1 Å². The van der Waals surface area contributed by atoms with E-state index in [9.17, 15) is 8.42 Å². The van der Waals surface area contributed by atoms with Gasteiger partial charge in [-0.25, -0.2) is 13.1 Å². The minimum absolute atomic E-state index is 0.103. The molecule has 0 aliphatic heterocycles. The first-order valence-electron chi connectivity index (χ1n) is 5.21. The molecule has 0 aliphatic carbocycles. The molecule has 0 radical (unpaired) electrons. The SMILES string of the molecule is CCNCCS(=O)(=O)NCc1ccncc1. The predicted octanol–water partition coefficient (Wildman–Crippen LogP) is 0.111. The highest BCUT2D eigenvalue weighted by molar-refractivity contribution is 7.89. The summed E-state index contributed by atoms with van der Waals surface area (Å²) in [6.07, 6.45) is 3.28. The molecule has 1 heterocycles. The molecule has 0 saturated heterocycles. The fourth-order valence-electron chi connectivity index (χ4n) is 1.15. The summed E-state index contributed by atoms with van der Waals surface area (Å²) in [6, 6.07) is 3.57. The van der Waals surface area contributed by atoms with Crippen LogP contribution in [-0.4, -0.2) is 32.2 Å². The maximum absolute atomic E-state index is 11.5. The van der Waals surface area contributed by atoms with E-state index >= 15 is 0 Å². The normalized spacial score (nSPS) is 11.6. The fraction of sp³-hybridized carbons (Fsp3) is 0.500. The Morgan fingerprint density at radius 2 is 2.00 bits per heavy atom. The predicted molar refractivity (Wildman–Crippen MR) is 63.4 cm³/mol.